The van der Waals surface area contributed by atoms with E-state index in [0.717, 1.165) is 36.4 Å². The molecular formula is C16H25NO2S. The predicted octanol–water partition coefficient (Wildman–Crippen LogP) is 4.26. The van der Waals surface area contributed by atoms with Gasteiger partial charge in [-0.3, -0.25) is 4.79 Å². The zero-order valence-corrected chi connectivity index (χ0v) is 13.7. The zero-order valence-electron chi connectivity index (χ0n) is 12.9. The molecule has 0 atom stereocenters. The molecule has 1 saturated carbocycles. The Morgan fingerprint density at radius 2 is 2.05 bits per heavy atom. The van der Waals surface area contributed by atoms with Crippen molar-refractivity contribution < 1.29 is 9.90 Å². The number of hydrogen-bond acceptors (Lipinski definition) is 3. The van der Waals surface area contributed by atoms with E-state index in [-0.39, 0.29) is 5.41 Å². The van der Waals surface area contributed by atoms with Crippen LogP contribution in [0.15, 0.2) is 5.38 Å². The highest BCUT2D eigenvalue weighted by Gasteiger charge is 2.42. The molecule has 1 aliphatic carbocycles. The minimum Gasteiger partial charge on any atom is -0.481 e. The van der Waals surface area contributed by atoms with Crippen molar-refractivity contribution in [2.45, 2.75) is 65.2 Å². The molecule has 112 valence electrons. The molecule has 20 heavy (non-hydrogen) atoms. The summed E-state index contributed by atoms with van der Waals surface area (Å²) in [5.74, 6) is 0.0146. The van der Waals surface area contributed by atoms with Crippen LogP contribution in [0.5, 0.6) is 0 Å². The lowest BCUT2D eigenvalue weighted by Crippen LogP contribution is -2.37. The summed E-state index contributed by atoms with van der Waals surface area (Å²) in [5, 5.41) is 12.7. The molecule has 0 aromatic carbocycles. The smallest absolute Gasteiger partial charge is 0.310 e. The van der Waals surface area contributed by atoms with Crippen molar-refractivity contribution in [3.05, 3.63) is 16.1 Å². The molecule has 0 amide bonds. The van der Waals surface area contributed by atoms with Crippen LogP contribution in [0.2, 0.25) is 0 Å². The summed E-state index contributed by atoms with van der Waals surface area (Å²) in [4.78, 5) is 16.4. The van der Waals surface area contributed by atoms with Crippen LogP contribution in [-0.2, 0) is 16.6 Å². The highest BCUT2D eigenvalue weighted by molar-refractivity contribution is 7.09. The third-order valence-corrected chi connectivity index (χ3v) is 5.34. The maximum atomic E-state index is 11.8. The van der Waals surface area contributed by atoms with Gasteiger partial charge < -0.3 is 5.11 Å². The van der Waals surface area contributed by atoms with E-state index in [9.17, 15) is 9.90 Å². The second-order valence-electron chi connectivity index (χ2n) is 7.32. The van der Waals surface area contributed by atoms with Crippen LogP contribution >= 0.6 is 11.3 Å². The zero-order chi connectivity index (χ0) is 15.0. The Balaban J connectivity index is 2.17. The van der Waals surface area contributed by atoms with Crippen molar-refractivity contribution in [2.24, 2.45) is 11.3 Å². The van der Waals surface area contributed by atoms with Crippen LogP contribution in [-0.4, -0.2) is 16.1 Å². The van der Waals surface area contributed by atoms with E-state index in [1.54, 1.807) is 11.3 Å². The van der Waals surface area contributed by atoms with Gasteiger partial charge in [0.1, 0.15) is 0 Å². The summed E-state index contributed by atoms with van der Waals surface area (Å²) in [5.41, 5.74) is 0.522. The Morgan fingerprint density at radius 1 is 1.45 bits per heavy atom. The summed E-state index contributed by atoms with van der Waals surface area (Å²) < 4.78 is 0. The minimum atomic E-state index is -0.642. The molecule has 0 radical (unpaired) electrons. The molecule has 2 rings (SSSR count). The first-order valence-corrected chi connectivity index (χ1v) is 8.29. The topological polar surface area (TPSA) is 50.2 Å². The van der Waals surface area contributed by atoms with Crippen molar-refractivity contribution >= 4 is 17.3 Å². The van der Waals surface area contributed by atoms with Gasteiger partial charge in [-0.05, 0) is 31.6 Å². The number of carboxylic acids is 1. The highest BCUT2D eigenvalue weighted by atomic mass is 32.1. The van der Waals surface area contributed by atoms with Gasteiger partial charge in [-0.15, -0.1) is 11.3 Å². The van der Waals surface area contributed by atoms with E-state index in [1.807, 2.05) is 0 Å². The molecule has 1 aliphatic rings. The largest absolute Gasteiger partial charge is 0.481 e. The summed E-state index contributed by atoms with van der Waals surface area (Å²) in [6, 6.07) is 0. The summed E-state index contributed by atoms with van der Waals surface area (Å²) in [7, 11) is 0. The SMILES string of the molecule is CC1CCC(Cc2nc(C(C)(C)C)cs2)(C(=O)O)CC1. The molecule has 1 fully saturated rings. The lowest BCUT2D eigenvalue weighted by Gasteiger charge is -2.35. The average Bonchev–Trinajstić information content (AvgIpc) is 2.80. The molecule has 3 nitrogen and oxygen atoms in total. The third kappa shape index (κ3) is 3.22. The van der Waals surface area contributed by atoms with Crippen molar-refractivity contribution in [3.8, 4) is 0 Å². The third-order valence-electron chi connectivity index (χ3n) is 4.49. The number of carbonyl (C=O) groups is 1. The summed E-state index contributed by atoms with van der Waals surface area (Å²) in [6.07, 6.45) is 4.20. The Morgan fingerprint density at radius 3 is 2.50 bits per heavy atom. The Hall–Kier alpha value is -0.900. The number of aliphatic carboxylic acids is 1. The maximum absolute atomic E-state index is 11.8. The molecule has 1 aromatic heterocycles. The molecule has 0 spiro atoms. The van der Waals surface area contributed by atoms with Crippen molar-refractivity contribution in [1.82, 2.24) is 4.98 Å². The number of hydrogen-bond donors (Lipinski definition) is 1. The van der Waals surface area contributed by atoms with Gasteiger partial charge >= 0.3 is 5.97 Å². The van der Waals surface area contributed by atoms with Gasteiger partial charge in [-0.1, -0.05) is 27.7 Å². The molecule has 4 heteroatoms. The fourth-order valence-electron chi connectivity index (χ4n) is 2.81. The van der Waals surface area contributed by atoms with Gasteiger partial charge in [0.05, 0.1) is 16.1 Å². The predicted molar refractivity (Wildman–Crippen MR) is 82.2 cm³/mol. The summed E-state index contributed by atoms with van der Waals surface area (Å²) >= 11 is 1.61. The number of carboxylic acid groups (broad SMARTS) is 1. The lowest BCUT2D eigenvalue weighted by atomic mass is 9.69. The van der Waals surface area contributed by atoms with Gasteiger partial charge in [0, 0.05) is 17.2 Å². The van der Waals surface area contributed by atoms with E-state index in [0.29, 0.717) is 12.3 Å². The number of aromatic nitrogens is 1. The number of nitrogens with zero attached hydrogens (tertiary/aromatic N) is 1. The van der Waals surface area contributed by atoms with Gasteiger partial charge in [0.25, 0.3) is 0 Å². The molecule has 0 saturated heterocycles. The monoisotopic (exact) mass is 295 g/mol. The van der Waals surface area contributed by atoms with Crippen LogP contribution in [0, 0.1) is 11.3 Å². The van der Waals surface area contributed by atoms with Gasteiger partial charge in [-0.25, -0.2) is 4.98 Å². The van der Waals surface area contributed by atoms with Crippen LogP contribution < -0.4 is 0 Å². The molecule has 0 bridgehead atoms. The van der Waals surface area contributed by atoms with E-state index >= 15 is 0 Å². The number of rotatable bonds is 3. The molecule has 1 heterocycles. The average molecular weight is 295 g/mol. The summed E-state index contributed by atoms with van der Waals surface area (Å²) in [6.45, 7) is 8.64. The second-order valence-corrected chi connectivity index (χ2v) is 8.26. The Bertz CT molecular complexity index is 479. The minimum absolute atomic E-state index is 0.0339. The molecular weight excluding hydrogens is 270 g/mol. The maximum Gasteiger partial charge on any atom is 0.310 e. The van der Waals surface area contributed by atoms with Gasteiger partial charge in [0.15, 0.2) is 0 Å². The van der Waals surface area contributed by atoms with Crippen LogP contribution in [0.25, 0.3) is 0 Å². The fraction of sp³-hybridized carbons (Fsp3) is 0.750. The van der Waals surface area contributed by atoms with Crippen molar-refractivity contribution in [2.75, 3.05) is 0 Å². The van der Waals surface area contributed by atoms with E-state index in [2.05, 4.69) is 38.1 Å². The Kier molecular flexibility index (Phi) is 4.24. The van der Waals surface area contributed by atoms with Crippen LogP contribution in [0.1, 0.15) is 64.1 Å². The van der Waals surface area contributed by atoms with Crippen LogP contribution in [0.4, 0.5) is 0 Å². The number of thiazole rings is 1. The van der Waals surface area contributed by atoms with Gasteiger partial charge in [0.2, 0.25) is 0 Å². The normalized spacial score (nSPS) is 27.5. The van der Waals surface area contributed by atoms with Gasteiger partial charge in [-0.2, -0.15) is 0 Å². The van der Waals surface area contributed by atoms with E-state index in [1.165, 1.54) is 0 Å². The van der Waals surface area contributed by atoms with E-state index in [4.69, 9.17) is 0 Å². The fourth-order valence-corrected chi connectivity index (χ4v) is 3.97. The first kappa shape index (κ1) is 15.5. The van der Waals surface area contributed by atoms with Crippen LogP contribution in [0.3, 0.4) is 0 Å². The Labute approximate surface area is 125 Å². The molecule has 1 N–H and O–H groups in total. The first-order chi connectivity index (χ1) is 9.23. The molecule has 0 unspecified atom stereocenters. The standard InChI is InChI=1S/C16H25NO2S/c1-11-5-7-16(8-6-11,14(18)19)9-13-17-12(10-20-13)15(2,3)4/h10-11H,5-9H2,1-4H3,(H,18,19). The quantitative estimate of drug-likeness (QED) is 0.906. The van der Waals surface area contributed by atoms with E-state index < -0.39 is 11.4 Å². The molecule has 1 aromatic rings. The molecule has 0 aliphatic heterocycles. The van der Waals surface area contributed by atoms with Crippen molar-refractivity contribution in [1.29, 1.82) is 0 Å². The lowest BCUT2D eigenvalue weighted by molar-refractivity contribution is -0.151. The first-order valence-electron chi connectivity index (χ1n) is 7.41. The van der Waals surface area contributed by atoms with Crippen molar-refractivity contribution in [3.63, 3.8) is 0 Å². The second kappa shape index (κ2) is 5.47. The highest BCUT2D eigenvalue weighted by Crippen LogP contribution is 2.42.